The number of rotatable bonds is 3. The number of carbonyl (C=O) groups is 2. The van der Waals surface area contributed by atoms with Gasteiger partial charge in [-0.1, -0.05) is 0 Å². The van der Waals surface area contributed by atoms with Crippen molar-refractivity contribution in [1.82, 2.24) is 10.2 Å². The van der Waals surface area contributed by atoms with Crippen molar-refractivity contribution >= 4 is 11.9 Å². The molecular weight excluding hydrogens is 255 g/mol. The fraction of sp³-hybridized carbons (Fsp3) is 0.667. The summed E-state index contributed by atoms with van der Waals surface area (Å²) in [4.78, 5) is 22.7. The first-order chi connectivity index (χ1) is 8.25. The van der Waals surface area contributed by atoms with E-state index in [9.17, 15) is 22.8 Å². The second kappa shape index (κ2) is 5.22. The molecule has 0 saturated carbocycles. The normalized spacial score (nSPS) is 23.0. The van der Waals surface area contributed by atoms with E-state index in [4.69, 9.17) is 10.4 Å². The average Bonchev–Trinajstić information content (AvgIpc) is 2.23. The molecule has 100 valence electrons. The number of amides is 1. The number of nitriles is 1. The van der Waals surface area contributed by atoms with Crippen molar-refractivity contribution < 1.29 is 27.9 Å². The van der Waals surface area contributed by atoms with E-state index in [1.54, 1.807) is 0 Å². The molecule has 1 aliphatic heterocycles. The molecule has 0 aromatic carbocycles. The van der Waals surface area contributed by atoms with Crippen LogP contribution in [0.4, 0.5) is 13.2 Å². The third-order valence-corrected chi connectivity index (χ3v) is 2.53. The molecule has 1 heterocycles. The summed E-state index contributed by atoms with van der Waals surface area (Å²) in [5, 5.41) is 19.5. The molecule has 2 atom stereocenters. The maximum Gasteiger partial charge on any atom is 0.405 e. The molecule has 1 fully saturated rings. The van der Waals surface area contributed by atoms with Gasteiger partial charge in [-0.25, -0.2) is 0 Å². The van der Waals surface area contributed by atoms with Crippen LogP contribution < -0.4 is 5.32 Å². The molecule has 0 aliphatic carbocycles. The second-order valence-corrected chi connectivity index (χ2v) is 3.81. The van der Waals surface area contributed by atoms with E-state index < -0.39 is 43.1 Å². The maximum absolute atomic E-state index is 12.4. The van der Waals surface area contributed by atoms with Gasteiger partial charge in [0.05, 0.1) is 12.6 Å². The molecule has 6 nitrogen and oxygen atoms in total. The van der Waals surface area contributed by atoms with Gasteiger partial charge in [0.25, 0.3) is 0 Å². The second-order valence-electron chi connectivity index (χ2n) is 3.81. The molecule has 9 heteroatoms. The molecule has 1 rings (SSSR count). The lowest BCUT2D eigenvalue weighted by Crippen LogP contribution is -2.59. The van der Waals surface area contributed by atoms with Crippen LogP contribution in [0.5, 0.6) is 0 Å². The predicted molar refractivity (Wildman–Crippen MR) is 51.2 cm³/mol. The SMILES string of the molecule is N#CC(CN1CC(=O)NCC1C(=O)O)C(F)(F)F. The highest BCUT2D eigenvalue weighted by atomic mass is 19.4. The van der Waals surface area contributed by atoms with E-state index in [1.807, 2.05) is 0 Å². The first kappa shape index (κ1) is 14.2. The Bertz CT molecular complexity index is 391. The number of nitrogens with zero attached hydrogens (tertiary/aromatic N) is 2. The Labute approximate surface area is 100.0 Å². The lowest BCUT2D eigenvalue weighted by molar-refractivity contribution is -0.169. The summed E-state index contributed by atoms with van der Waals surface area (Å²) in [6, 6.07) is -0.177. The van der Waals surface area contributed by atoms with Gasteiger partial charge in [-0.05, 0) is 0 Å². The molecule has 1 aliphatic rings. The Balaban J connectivity index is 2.81. The molecule has 0 aromatic rings. The van der Waals surface area contributed by atoms with Crippen LogP contribution in [-0.2, 0) is 9.59 Å². The number of hydrogen-bond donors (Lipinski definition) is 2. The van der Waals surface area contributed by atoms with E-state index in [1.165, 1.54) is 0 Å². The number of nitrogens with one attached hydrogen (secondary N) is 1. The molecule has 2 N–H and O–H groups in total. The van der Waals surface area contributed by atoms with Crippen LogP contribution in [0, 0.1) is 17.2 Å². The van der Waals surface area contributed by atoms with Crippen molar-refractivity contribution in [3.05, 3.63) is 0 Å². The number of carbonyl (C=O) groups excluding carboxylic acids is 1. The van der Waals surface area contributed by atoms with Crippen LogP contribution in [-0.4, -0.2) is 53.7 Å². The summed E-state index contributed by atoms with van der Waals surface area (Å²) < 4.78 is 37.2. The Morgan fingerprint density at radius 3 is 2.72 bits per heavy atom. The van der Waals surface area contributed by atoms with E-state index in [0.717, 1.165) is 11.0 Å². The minimum Gasteiger partial charge on any atom is -0.480 e. The minimum absolute atomic E-state index is 0.274. The largest absolute Gasteiger partial charge is 0.480 e. The molecule has 1 saturated heterocycles. The zero-order valence-corrected chi connectivity index (χ0v) is 9.07. The van der Waals surface area contributed by atoms with Gasteiger partial charge >= 0.3 is 12.1 Å². The number of halogens is 3. The lowest BCUT2D eigenvalue weighted by atomic mass is 10.1. The van der Waals surface area contributed by atoms with Crippen LogP contribution in [0.15, 0.2) is 0 Å². The first-order valence-corrected chi connectivity index (χ1v) is 4.95. The van der Waals surface area contributed by atoms with Crippen molar-refractivity contribution in [3.63, 3.8) is 0 Å². The third-order valence-electron chi connectivity index (χ3n) is 2.53. The summed E-state index contributed by atoms with van der Waals surface area (Å²) in [6.45, 7) is -1.57. The van der Waals surface area contributed by atoms with Gasteiger partial charge < -0.3 is 10.4 Å². The van der Waals surface area contributed by atoms with E-state index in [-0.39, 0.29) is 6.54 Å². The van der Waals surface area contributed by atoms with E-state index in [0.29, 0.717) is 0 Å². The minimum atomic E-state index is -4.74. The molecule has 0 spiro atoms. The van der Waals surface area contributed by atoms with Crippen LogP contribution in [0.1, 0.15) is 0 Å². The van der Waals surface area contributed by atoms with Crippen molar-refractivity contribution in [1.29, 1.82) is 5.26 Å². The molecule has 18 heavy (non-hydrogen) atoms. The monoisotopic (exact) mass is 265 g/mol. The topological polar surface area (TPSA) is 93.4 Å². The van der Waals surface area contributed by atoms with Crippen LogP contribution in [0.25, 0.3) is 0 Å². The van der Waals surface area contributed by atoms with Gasteiger partial charge in [0.15, 0.2) is 5.92 Å². The summed E-state index contributed by atoms with van der Waals surface area (Å²) in [6.07, 6.45) is -4.74. The molecule has 0 bridgehead atoms. The van der Waals surface area contributed by atoms with Crippen molar-refractivity contribution in [3.8, 4) is 6.07 Å². The number of carboxylic acid groups (broad SMARTS) is 1. The van der Waals surface area contributed by atoms with Crippen molar-refractivity contribution in [2.24, 2.45) is 5.92 Å². The number of carboxylic acids is 1. The van der Waals surface area contributed by atoms with Gasteiger partial charge in [0.2, 0.25) is 5.91 Å². The fourth-order valence-corrected chi connectivity index (χ4v) is 1.58. The zero-order chi connectivity index (χ0) is 13.9. The Morgan fingerprint density at radius 1 is 1.67 bits per heavy atom. The van der Waals surface area contributed by atoms with Gasteiger partial charge in [-0.3, -0.25) is 14.5 Å². The summed E-state index contributed by atoms with van der Waals surface area (Å²) in [5.74, 6) is -4.22. The van der Waals surface area contributed by atoms with Crippen LogP contribution in [0.2, 0.25) is 0 Å². The smallest absolute Gasteiger partial charge is 0.405 e. The summed E-state index contributed by atoms with van der Waals surface area (Å²) in [7, 11) is 0. The van der Waals surface area contributed by atoms with Crippen LogP contribution in [0.3, 0.4) is 0 Å². The summed E-state index contributed by atoms with van der Waals surface area (Å²) >= 11 is 0. The maximum atomic E-state index is 12.4. The Kier molecular flexibility index (Phi) is 4.13. The number of alkyl halides is 3. The molecular formula is C9H10F3N3O3. The molecule has 2 unspecified atom stereocenters. The van der Waals surface area contributed by atoms with Gasteiger partial charge in [0.1, 0.15) is 6.04 Å². The molecule has 0 aromatic heterocycles. The quantitative estimate of drug-likeness (QED) is 0.722. The standard InChI is InChI=1S/C9H10F3N3O3/c10-9(11,12)5(1-13)3-15-4-7(16)14-2-6(15)8(17)18/h5-6H,2-4H2,(H,14,16)(H,17,18). The number of hydrogen-bond acceptors (Lipinski definition) is 4. The van der Waals surface area contributed by atoms with E-state index in [2.05, 4.69) is 5.32 Å². The first-order valence-electron chi connectivity index (χ1n) is 4.95. The number of aliphatic carboxylic acids is 1. The van der Waals surface area contributed by atoms with Crippen molar-refractivity contribution in [2.45, 2.75) is 12.2 Å². The summed E-state index contributed by atoms with van der Waals surface area (Å²) in [5.41, 5.74) is 0. The van der Waals surface area contributed by atoms with Crippen LogP contribution >= 0.6 is 0 Å². The Hall–Kier alpha value is -1.82. The number of piperazine rings is 1. The zero-order valence-electron chi connectivity index (χ0n) is 9.07. The molecule has 1 amide bonds. The Morgan fingerprint density at radius 2 is 2.28 bits per heavy atom. The van der Waals surface area contributed by atoms with Crippen molar-refractivity contribution in [2.75, 3.05) is 19.6 Å². The highest BCUT2D eigenvalue weighted by Crippen LogP contribution is 2.27. The molecule has 0 radical (unpaired) electrons. The van der Waals surface area contributed by atoms with Gasteiger partial charge in [-0.2, -0.15) is 18.4 Å². The van der Waals surface area contributed by atoms with Gasteiger partial charge in [-0.15, -0.1) is 0 Å². The van der Waals surface area contributed by atoms with Gasteiger partial charge in [0, 0.05) is 13.1 Å². The third kappa shape index (κ3) is 3.33. The lowest BCUT2D eigenvalue weighted by Gasteiger charge is -2.33. The predicted octanol–water partition coefficient (Wildman–Crippen LogP) is -0.427. The average molecular weight is 265 g/mol. The highest BCUT2D eigenvalue weighted by Gasteiger charge is 2.43. The highest BCUT2D eigenvalue weighted by molar-refractivity contribution is 5.83. The van der Waals surface area contributed by atoms with E-state index >= 15 is 0 Å². The fourth-order valence-electron chi connectivity index (χ4n) is 1.58.